The zero-order chi connectivity index (χ0) is 16.3. The molecule has 1 aromatic rings. The molecular weight excluding hydrogens is 288 g/mol. The molecule has 22 heavy (non-hydrogen) atoms. The minimum atomic E-state index is -1.12. The van der Waals surface area contributed by atoms with E-state index in [1.54, 1.807) is 0 Å². The zero-order valence-corrected chi connectivity index (χ0v) is 12.2. The molecule has 0 amide bonds. The van der Waals surface area contributed by atoms with Crippen molar-refractivity contribution in [2.24, 2.45) is 5.92 Å². The molecule has 0 fully saturated rings. The van der Waals surface area contributed by atoms with Crippen LogP contribution in [0.3, 0.4) is 0 Å². The van der Waals surface area contributed by atoms with Crippen molar-refractivity contribution in [2.75, 3.05) is 6.61 Å². The van der Waals surface area contributed by atoms with Crippen LogP contribution in [0.5, 0.6) is 11.5 Å². The lowest BCUT2D eigenvalue weighted by Crippen LogP contribution is -2.34. The van der Waals surface area contributed by atoms with E-state index in [1.165, 1.54) is 12.1 Å². The van der Waals surface area contributed by atoms with Gasteiger partial charge in [-0.1, -0.05) is 11.6 Å². The quantitative estimate of drug-likeness (QED) is 0.437. The van der Waals surface area contributed by atoms with Gasteiger partial charge in [-0.2, -0.15) is 0 Å². The van der Waals surface area contributed by atoms with Gasteiger partial charge < -0.3 is 20.1 Å². The highest BCUT2D eigenvalue weighted by Gasteiger charge is 2.32. The topological polar surface area (TPSA) is 104 Å². The SMILES string of the molecule is CC1=CC[C@H]([C@@H](CC(=O)c2cc(O)ccc2O)C(=O)O)OC1. The Labute approximate surface area is 127 Å². The standard InChI is InChI=1S/C16H18O6/c1-9-2-5-15(22-8-9)12(16(20)21)7-14(19)11-6-10(17)3-4-13(11)18/h2-4,6,12,15,17-18H,5,7-8H2,1H3,(H,20,21)/t12-,15-/m1/s1. The zero-order valence-electron chi connectivity index (χ0n) is 12.2. The fourth-order valence-corrected chi connectivity index (χ4v) is 2.40. The molecule has 0 aliphatic carbocycles. The number of aliphatic carboxylic acids is 1. The van der Waals surface area contributed by atoms with E-state index in [9.17, 15) is 24.9 Å². The molecule has 1 aromatic carbocycles. The number of phenolic OH excluding ortho intramolecular Hbond substituents is 2. The van der Waals surface area contributed by atoms with Crippen LogP contribution in [0.4, 0.5) is 0 Å². The molecule has 118 valence electrons. The number of carbonyl (C=O) groups is 2. The first-order chi connectivity index (χ1) is 10.4. The Morgan fingerprint density at radius 1 is 1.36 bits per heavy atom. The number of phenols is 2. The lowest BCUT2D eigenvalue weighted by molar-refractivity contribution is -0.147. The third-order valence-electron chi connectivity index (χ3n) is 3.68. The summed E-state index contributed by atoms with van der Waals surface area (Å²) in [4.78, 5) is 23.7. The molecule has 1 aliphatic heterocycles. The first-order valence-electron chi connectivity index (χ1n) is 6.93. The monoisotopic (exact) mass is 306 g/mol. The third kappa shape index (κ3) is 3.65. The van der Waals surface area contributed by atoms with E-state index in [2.05, 4.69) is 0 Å². The number of ether oxygens (including phenoxy) is 1. The Morgan fingerprint density at radius 2 is 2.09 bits per heavy atom. The van der Waals surface area contributed by atoms with Crippen molar-refractivity contribution >= 4 is 11.8 Å². The normalized spacial score (nSPS) is 19.3. The molecule has 0 unspecified atom stereocenters. The largest absolute Gasteiger partial charge is 0.508 e. The first kappa shape index (κ1) is 16.0. The van der Waals surface area contributed by atoms with Gasteiger partial charge in [-0.25, -0.2) is 0 Å². The molecule has 6 heteroatoms. The highest BCUT2D eigenvalue weighted by molar-refractivity contribution is 6.00. The van der Waals surface area contributed by atoms with Gasteiger partial charge in [0.2, 0.25) is 0 Å². The van der Waals surface area contributed by atoms with Gasteiger partial charge in [0, 0.05) is 6.42 Å². The fraction of sp³-hybridized carbons (Fsp3) is 0.375. The van der Waals surface area contributed by atoms with Crippen molar-refractivity contribution in [3.8, 4) is 11.5 Å². The van der Waals surface area contributed by atoms with Gasteiger partial charge in [0.05, 0.1) is 24.2 Å². The number of hydrogen-bond donors (Lipinski definition) is 3. The van der Waals surface area contributed by atoms with Crippen molar-refractivity contribution < 1.29 is 29.6 Å². The number of ketones is 1. The second kappa shape index (κ2) is 6.62. The summed E-state index contributed by atoms with van der Waals surface area (Å²) >= 11 is 0. The summed E-state index contributed by atoms with van der Waals surface area (Å²) in [7, 11) is 0. The predicted molar refractivity (Wildman–Crippen MR) is 78.0 cm³/mol. The van der Waals surface area contributed by atoms with Crippen LogP contribution in [-0.2, 0) is 9.53 Å². The van der Waals surface area contributed by atoms with Gasteiger partial charge in [0.1, 0.15) is 11.5 Å². The Bertz CT molecular complexity index is 619. The summed E-state index contributed by atoms with van der Waals surface area (Å²) in [5.41, 5.74) is 0.936. The second-order valence-electron chi connectivity index (χ2n) is 5.41. The van der Waals surface area contributed by atoms with Gasteiger partial charge in [-0.3, -0.25) is 9.59 Å². The maximum Gasteiger partial charge on any atom is 0.309 e. The number of benzene rings is 1. The Morgan fingerprint density at radius 3 is 2.68 bits per heavy atom. The summed E-state index contributed by atoms with van der Waals surface area (Å²) in [6, 6.07) is 3.57. The Kier molecular flexibility index (Phi) is 4.82. The molecule has 0 bridgehead atoms. The van der Waals surface area contributed by atoms with Crippen LogP contribution in [0.15, 0.2) is 29.8 Å². The summed E-state index contributed by atoms with van der Waals surface area (Å²) < 4.78 is 5.49. The molecule has 6 nitrogen and oxygen atoms in total. The van der Waals surface area contributed by atoms with Crippen molar-refractivity contribution in [3.63, 3.8) is 0 Å². The minimum Gasteiger partial charge on any atom is -0.508 e. The van der Waals surface area contributed by atoms with Gasteiger partial charge in [0.25, 0.3) is 0 Å². The molecule has 0 spiro atoms. The van der Waals surface area contributed by atoms with E-state index in [0.717, 1.165) is 11.6 Å². The first-order valence-corrected chi connectivity index (χ1v) is 6.93. The van der Waals surface area contributed by atoms with E-state index in [4.69, 9.17) is 4.74 Å². The fourth-order valence-electron chi connectivity index (χ4n) is 2.40. The molecule has 1 heterocycles. The van der Waals surface area contributed by atoms with E-state index in [0.29, 0.717) is 13.0 Å². The number of carbonyl (C=O) groups excluding carboxylic acids is 1. The average molecular weight is 306 g/mol. The molecule has 0 saturated heterocycles. The van der Waals surface area contributed by atoms with Gasteiger partial charge in [-0.15, -0.1) is 0 Å². The third-order valence-corrected chi connectivity index (χ3v) is 3.68. The van der Waals surface area contributed by atoms with E-state index < -0.39 is 23.8 Å². The summed E-state index contributed by atoms with van der Waals surface area (Å²) in [6.45, 7) is 2.24. The van der Waals surface area contributed by atoms with Crippen LogP contribution in [0, 0.1) is 5.92 Å². The lowest BCUT2D eigenvalue weighted by Gasteiger charge is -2.26. The molecule has 0 radical (unpaired) electrons. The molecular formula is C16H18O6. The highest BCUT2D eigenvalue weighted by atomic mass is 16.5. The molecule has 2 atom stereocenters. The molecule has 1 aliphatic rings. The van der Waals surface area contributed by atoms with Crippen molar-refractivity contribution in [1.29, 1.82) is 0 Å². The van der Waals surface area contributed by atoms with Gasteiger partial charge in [0.15, 0.2) is 5.78 Å². The molecule has 2 rings (SSSR count). The van der Waals surface area contributed by atoms with Crippen molar-refractivity contribution in [1.82, 2.24) is 0 Å². The number of carboxylic acid groups (broad SMARTS) is 1. The summed E-state index contributed by atoms with van der Waals surface area (Å²) in [6.07, 6.45) is 1.46. The number of carboxylic acids is 1. The van der Waals surface area contributed by atoms with Crippen molar-refractivity contribution in [3.05, 3.63) is 35.4 Å². The number of hydrogen-bond acceptors (Lipinski definition) is 5. The van der Waals surface area contributed by atoms with Crippen LogP contribution in [0.2, 0.25) is 0 Å². The maximum absolute atomic E-state index is 12.2. The molecule has 0 saturated carbocycles. The lowest BCUT2D eigenvalue weighted by atomic mass is 9.90. The van der Waals surface area contributed by atoms with Crippen LogP contribution in [0.1, 0.15) is 30.1 Å². The maximum atomic E-state index is 12.2. The number of Topliss-reactive ketones (excluding diaryl/α,β-unsaturated/α-hetero) is 1. The van der Waals surface area contributed by atoms with Crippen LogP contribution >= 0.6 is 0 Å². The Hall–Kier alpha value is -2.34. The smallest absolute Gasteiger partial charge is 0.309 e. The predicted octanol–water partition coefficient (Wildman–Crippen LogP) is 2.11. The van der Waals surface area contributed by atoms with Crippen LogP contribution in [0.25, 0.3) is 0 Å². The van der Waals surface area contributed by atoms with Gasteiger partial charge in [-0.05, 0) is 31.5 Å². The average Bonchev–Trinajstić information content (AvgIpc) is 2.48. The summed E-state index contributed by atoms with van der Waals surface area (Å²) in [5.74, 6) is -3.12. The van der Waals surface area contributed by atoms with E-state index >= 15 is 0 Å². The molecule has 3 N–H and O–H groups in total. The van der Waals surface area contributed by atoms with Crippen LogP contribution in [-0.4, -0.2) is 39.8 Å². The van der Waals surface area contributed by atoms with E-state index in [-0.39, 0.29) is 23.5 Å². The minimum absolute atomic E-state index is 0.0891. The highest BCUT2D eigenvalue weighted by Crippen LogP contribution is 2.28. The Balaban J connectivity index is 2.16. The van der Waals surface area contributed by atoms with E-state index in [1.807, 2.05) is 13.0 Å². The second-order valence-corrected chi connectivity index (χ2v) is 5.41. The van der Waals surface area contributed by atoms with Crippen molar-refractivity contribution in [2.45, 2.75) is 25.9 Å². The number of aromatic hydroxyl groups is 2. The van der Waals surface area contributed by atoms with Gasteiger partial charge >= 0.3 is 5.97 Å². The molecule has 0 aromatic heterocycles. The van der Waals surface area contributed by atoms with Crippen LogP contribution < -0.4 is 0 Å². The number of rotatable bonds is 5. The summed E-state index contributed by atoms with van der Waals surface area (Å²) in [5, 5.41) is 28.4.